The van der Waals surface area contributed by atoms with E-state index in [1.165, 1.54) is 4.90 Å². The van der Waals surface area contributed by atoms with Gasteiger partial charge in [0.05, 0.1) is 0 Å². The number of nitrogens with zero attached hydrogens (tertiary/aromatic N) is 3. The van der Waals surface area contributed by atoms with Crippen molar-refractivity contribution in [1.29, 1.82) is 0 Å². The summed E-state index contributed by atoms with van der Waals surface area (Å²) in [6, 6.07) is 9.77. The molecule has 130 valence electrons. The average Bonchev–Trinajstić information content (AvgIpc) is 2.74. The Hall–Kier alpha value is -1.88. The first-order valence-electron chi connectivity index (χ1n) is 8.80. The predicted molar refractivity (Wildman–Crippen MR) is 93.4 cm³/mol. The first-order chi connectivity index (χ1) is 11.4. The molecule has 0 saturated carbocycles. The summed E-state index contributed by atoms with van der Waals surface area (Å²) in [6.07, 6.45) is 1.45. The molecule has 0 radical (unpaired) electrons. The molecule has 2 fully saturated rings. The highest BCUT2D eigenvalue weighted by Crippen LogP contribution is 2.37. The van der Waals surface area contributed by atoms with Gasteiger partial charge in [0.15, 0.2) is 0 Å². The number of likely N-dealkylation sites (tertiary alicyclic amines) is 1. The number of benzene rings is 1. The summed E-state index contributed by atoms with van der Waals surface area (Å²) in [5.41, 5.74) is 0.410. The number of carbonyl (C=O) groups is 2. The molecule has 0 atom stereocenters. The second kappa shape index (κ2) is 6.55. The number of carbonyl (C=O) groups excluding carboxylic acids is 2. The molecule has 24 heavy (non-hydrogen) atoms. The van der Waals surface area contributed by atoms with E-state index in [1.807, 2.05) is 30.3 Å². The van der Waals surface area contributed by atoms with Crippen LogP contribution in [0.25, 0.3) is 0 Å². The molecule has 2 aliphatic rings. The summed E-state index contributed by atoms with van der Waals surface area (Å²) in [5.74, 6) is 0.579. The smallest absolute Gasteiger partial charge is 0.305 e. The van der Waals surface area contributed by atoms with Crippen molar-refractivity contribution in [2.24, 2.45) is 5.92 Å². The van der Waals surface area contributed by atoms with Gasteiger partial charge in [-0.05, 0) is 24.3 Å². The van der Waals surface area contributed by atoms with Crippen LogP contribution in [-0.4, -0.2) is 58.9 Å². The Labute approximate surface area is 144 Å². The largest absolute Gasteiger partial charge is 0.327 e. The second-order valence-electron chi connectivity index (χ2n) is 7.44. The van der Waals surface area contributed by atoms with Gasteiger partial charge in [-0.1, -0.05) is 44.2 Å². The summed E-state index contributed by atoms with van der Waals surface area (Å²) < 4.78 is 0. The quantitative estimate of drug-likeness (QED) is 0.798. The zero-order valence-corrected chi connectivity index (χ0v) is 14.9. The number of urea groups is 1. The Morgan fingerprint density at radius 3 is 2.29 bits per heavy atom. The molecule has 2 saturated heterocycles. The maximum atomic E-state index is 12.9. The lowest BCUT2D eigenvalue weighted by Crippen LogP contribution is -2.56. The van der Waals surface area contributed by atoms with E-state index in [9.17, 15) is 9.59 Å². The van der Waals surface area contributed by atoms with E-state index in [-0.39, 0.29) is 11.9 Å². The van der Waals surface area contributed by atoms with E-state index in [4.69, 9.17) is 0 Å². The molecule has 5 heteroatoms. The van der Waals surface area contributed by atoms with Gasteiger partial charge in [0.25, 0.3) is 5.91 Å². The lowest BCUT2D eigenvalue weighted by atomic mass is 9.85. The van der Waals surface area contributed by atoms with Crippen molar-refractivity contribution in [3.63, 3.8) is 0 Å². The minimum Gasteiger partial charge on any atom is -0.305 e. The zero-order valence-electron chi connectivity index (χ0n) is 14.9. The SMILES string of the molecule is CC(C)CN1CCC2(CC1)C(=O)N(C)C(=O)N2Cc1ccccc1. The predicted octanol–water partition coefficient (Wildman–Crippen LogP) is 2.57. The first-order valence-corrected chi connectivity index (χ1v) is 8.80. The molecular formula is C19H27N3O2. The maximum Gasteiger partial charge on any atom is 0.327 e. The Bertz CT molecular complexity index is 606. The van der Waals surface area contributed by atoms with Crippen molar-refractivity contribution in [1.82, 2.24) is 14.7 Å². The van der Waals surface area contributed by atoms with Gasteiger partial charge in [-0.3, -0.25) is 9.69 Å². The Morgan fingerprint density at radius 2 is 1.71 bits per heavy atom. The van der Waals surface area contributed by atoms with Crippen LogP contribution in [0.5, 0.6) is 0 Å². The highest BCUT2D eigenvalue weighted by atomic mass is 16.2. The van der Waals surface area contributed by atoms with Crippen LogP contribution in [0.4, 0.5) is 4.79 Å². The molecule has 2 heterocycles. The van der Waals surface area contributed by atoms with Crippen LogP contribution in [0.1, 0.15) is 32.3 Å². The standard InChI is InChI=1S/C19H27N3O2/c1-15(2)13-21-11-9-19(10-12-21)17(23)20(3)18(24)22(19)14-16-7-5-4-6-8-16/h4-8,15H,9-14H2,1-3H3. The number of imide groups is 1. The second-order valence-corrected chi connectivity index (χ2v) is 7.44. The van der Waals surface area contributed by atoms with E-state index in [0.717, 1.165) is 38.0 Å². The van der Waals surface area contributed by atoms with Gasteiger partial charge in [-0.15, -0.1) is 0 Å². The van der Waals surface area contributed by atoms with E-state index in [0.29, 0.717) is 12.5 Å². The van der Waals surface area contributed by atoms with Crippen molar-refractivity contribution in [2.45, 2.75) is 38.8 Å². The molecular weight excluding hydrogens is 302 g/mol. The van der Waals surface area contributed by atoms with Gasteiger partial charge in [0.2, 0.25) is 0 Å². The van der Waals surface area contributed by atoms with Gasteiger partial charge in [-0.2, -0.15) is 0 Å². The molecule has 5 nitrogen and oxygen atoms in total. The van der Waals surface area contributed by atoms with Crippen LogP contribution >= 0.6 is 0 Å². The number of rotatable bonds is 4. The van der Waals surface area contributed by atoms with Crippen LogP contribution in [0.3, 0.4) is 0 Å². The number of piperidine rings is 1. The first kappa shape index (κ1) is 17.0. The number of hydrogen-bond donors (Lipinski definition) is 0. The van der Waals surface area contributed by atoms with E-state index < -0.39 is 5.54 Å². The normalized spacial score (nSPS) is 21.3. The molecule has 0 aliphatic carbocycles. The molecule has 3 amide bonds. The Morgan fingerprint density at radius 1 is 1.08 bits per heavy atom. The third kappa shape index (κ3) is 2.93. The summed E-state index contributed by atoms with van der Waals surface area (Å²) in [4.78, 5) is 31.1. The van der Waals surface area contributed by atoms with Gasteiger partial charge in [-0.25, -0.2) is 4.79 Å². The lowest BCUT2D eigenvalue weighted by molar-refractivity contribution is -0.135. The molecule has 1 aromatic rings. The molecule has 1 aromatic carbocycles. The van der Waals surface area contributed by atoms with Crippen LogP contribution in [0.15, 0.2) is 30.3 Å². The fourth-order valence-electron chi connectivity index (χ4n) is 3.97. The number of likely N-dealkylation sites (N-methyl/N-ethyl adjacent to an activating group) is 1. The van der Waals surface area contributed by atoms with Gasteiger partial charge < -0.3 is 9.80 Å². The van der Waals surface area contributed by atoms with Gasteiger partial charge >= 0.3 is 6.03 Å². The van der Waals surface area contributed by atoms with E-state index in [1.54, 1.807) is 11.9 Å². The summed E-state index contributed by atoms with van der Waals surface area (Å²) in [6.45, 7) is 7.72. The van der Waals surface area contributed by atoms with Crippen molar-refractivity contribution in [3.05, 3.63) is 35.9 Å². The summed E-state index contributed by atoms with van der Waals surface area (Å²) >= 11 is 0. The summed E-state index contributed by atoms with van der Waals surface area (Å²) in [5, 5.41) is 0. The molecule has 1 spiro atoms. The highest BCUT2D eigenvalue weighted by molar-refractivity contribution is 6.06. The van der Waals surface area contributed by atoms with Crippen LogP contribution < -0.4 is 0 Å². The third-order valence-corrected chi connectivity index (χ3v) is 5.23. The van der Waals surface area contributed by atoms with Gasteiger partial charge in [0.1, 0.15) is 5.54 Å². The van der Waals surface area contributed by atoms with Crippen molar-refractivity contribution >= 4 is 11.9 Å². The zero-order chi connectivity index (χ0) is 17.3. The number of amides is 3. The minimum absolute atomic E-state index is 0.0346. The Balaban J connectivity index is 1.81. The average molecular weight is 329 g/mol. The Kier molecular flexibility index (Phi) is 4.63. The number of hydrogen-bond acceptors (Lipinski definition) is 3. The summed E-state index contributed by atoms with van der Waals surface area (Å²) in [7, 11) is 1.61. The van der Waals surface area contributed by atoms with Crippen molar-refractivity contribution in [3.8, 4) is 0 Å². The van der Waals surface area contributed by atoms with Crippen LogP contribution in [0.2, 0.25) is 0 Å². The molecule has 0 N–H and O–H groups in total. The van der Waals surface area contributed by atoms with Crippen LogP contribution in [-0.2, 0) is 11.3 Å². The topological polar surface area (TPSA) is 43.9 Å². The fourth-order valence-corrected chi connectivity index (χ4v) is 3.97. The third-order valence-electron chi connectivity index (χ3n) is 5.23. The van der Waals surface area contributed by atoms with E-state index in [2.05, 4.69) is 18.7 Å². The van der Waals surface area contributed by atoms with Crippen molar-refractivity contribution in [2.75, 3.05) is 26.7 Å². The van der Waals surface area contributed by atoms with Crippen LogP contribution in [0, 0.1) is 5.92 Å². The molecule has 0 aromatic heterocycles. The van der Waals surface area contributed by atoms with Crippen molar-refractivity contribution < 1.29 is 9.59 Å². The fraction of sp³-hybridized carbons (Fsp3) is 0.579. The maximum absolute atomic E-state index is 12.9. The molecule has 3 rings (SSSR count). The monoisotopic (exact) mass is 329 g/mol. The molecule has 0 bridgehead atoms. The molecule has 2 aliphatic heterocycles. The highest BCUT2D eigenvalue weighted by Gasteiger charge is 2.56. The lowest BCUT2D eigenvalue weighted by Gasteiger charge is -2.42. The minimum atomic E-state index is -0.658. The van der Waals surface area contributed by atoms with Gasteiger partial charge in [0, 0.05) is 33.2 Å². The van der Waals surface area contributed by atoms with E-state index >= 15 is 0 Å². The molecule has 0 unspecified atom stereocenters.